The zero-order valence-corrected chi connectivity index (χ0v) is 11.2. The SMILES string of the molecule is CCc1cccc(C(N)=O)c1-c1cccnc1C(F)(F)F. The maximum atomic E-state index is 13.1. The standard InChI is InChI=1S/C15H13F3N2O/c1-2-9-5-3-6-11(14(19)21)12(9)10-7-4-8-20-13(10)15(16,17)18/h3-8H,2H2,1H3,(H2,19,21). The van der Waals surface area contributed by atoms with Gasteiger partial charge in [-0.1, -0.05) is 25.1 Å². The molecule has 0 unspecified atom stereocenters. The van der Waals surface area contributed by atoms with Crippen molar-refractivity contribution in [3.05, 3.63) is 53.3 Å². The lowest BCUT2D eigenvalue weighted by Crippen LogP contribution is -2.16. The van der Waals surface area contributed by atoms with Crippen LogP contribution in [0.1, 0.15) is 28.5 Å². The molecule has 1 aromatic carbocycles. The van der Waals surface area contributed by atoms with E-state index in [9.17, 15) is 18.0 Å². The Labute approximate surface area is 119 Å². The van der Waals surface area contributed by atoms with Crippen LogP contribution in [-0.4, -0.2) is 10.9 Å². The Bertz CT molecular complexity index is 681. The van der Waals surface area contributed by atoms with E-state index in [2.05, 4.69) is 4.98 Å². The minimum Gasteiger partial charge on any atom is -0.366 e. The molecular formula is C15H13F3N2O. The molecule has 0 bridgehead atoms. The van der Waals surface area contributed by atoms with Crippen molar-refractivity contribution in [2.24, 2.45) is 5.73 Å². The second kappa shape index (κ2) is 5.55. The lowest BCUT2D eigenvalue weighted by molar-refractivity contribution is -0.140. The number of amides is 1. The first-order valence-corrected chi connectivity index (χ1v) is 6.30. The van der Waals surface area contributed by atoms with Crippen molar-refractivity contribution in [3.63, 3.8) is 0 Å². The monoisotopic (exact) mass is 294 g/mol. The number of hydrogen-bond donors (Lipinski definition) is 1. The van der Waals surface area contributed by atoms with Gasteiger partial charge in [0.05, 0.1) is 0 Å². The van der Waals surface area contributed by atoms with Crippen molar-refractivity contribution in [2.45, 2.75) is 19.5 Å². The third-order valence-electron chi connectivity index (χ3n) is 3.14. The van der Waals surface area contributed by atoms with Crippen LogP contribution in [0.2, 0.25) is 0 Å². The summed E-state index contributed by atoms with van der Waals surface area (Å²) in [5, 5.41) is 0. The van der Waals surface area contributed by atoms with Crippen LogP contribution >= 0.6 is 0 Å². The maximum Gasteiger partial charge on any atom is 0.433 e. The predicted molar refractivity (Wildman–Crippen MR) is 72.6 cm³/mol. The Morgan fingerprint density at radius 3 is 2.52 bits per heavy atom. The van der Waals surface area contributed by atoms with Gasteiger partial charge in [0.15, 0.2) is 5.69 Å². The number of carbonyl (C=O) groups excluding carboxylic acids is 1. The van der Waals surface area contributed by atoms with Gasteiger partial charge in [0.2, 0.25) is 5.91 Å². The van der Waals surface area contributed by atoms with E-state index in [1.54, 1.807) is 19.1 Å². The molecule has 2 rings (SSSR count). The fourth-order valence-corrected chi connectivity index (χ4v) is 2.25. The number of rotatable bonds is 3. The van der Waals surface area contributed by atoms with E-state index in [1.165, 1.54) is 18.2 Å². The van der Waals surface area contributed by atoms with Crippen molar-refractivity contribution in [3.8, 4) is 11.1 Å². The molecule has 0 fully saturated rings. The first kappa shape index (κ1) is 15.0. The molecule has 2 N–H and O–H groups in total. The number of nitrogens with zero attached hydrogens (tertiary/aromatic N) is 1. The van der Waals surface area contributed by atoms with Gasteiger partial charge in [0, 0.05) is 17.3 Å². The largest absolute Gasteiger partial charge is 0.433 e. The topological polar surface area (TPSA) is 56.0 Å². The van der Waals surface area contributed by atoms with Crippen LogP contribution in [0.15, 0.2) is 36.5 Å². The third kappa shape index (κ3) is 2.89. The number of hydrogen-bond acceptors (Lipinski definition) is 2. The van der Waals surface area contributed by atoms with Crippen molar-refractivity contribution in [2.75, 3.05) is 0 Å². The molecule has 0 spiro atoms. The van der Waals surface area contributed by atoms with Gasteiger partial charge >= 0.3 is 6.18 Å². The zero-order valence-electron chi connectivity index (χ0n) is 11.2. The number of alkyl halides is 3. The summed E-state index contributed by atoms with van der Waals surface area (Å²) in [7, 11) is 0. The molecule has 6 heteroatoms. The molecule has 1 heterocycles. The van der Waals surface area contributed by atoms with E-state index in [0.717, 1.165) is 6.20 Å². The Morgan fingerprint density at radius 1 is 1.24 bits per heavy atom. The van der Waals surface area contributed by atoms with Gasteiger partial charge in [-0.3, -0.25) is 9.78 Å². The Hall–Kier alpha value is -2.37. The third-order valence-corrected chi connectivity index (χ3v) is 3.14. The average Bonchev–Trinajstić information content (AvgIpc) is 2.45. The van der Waals surface area contributed by atoms with Crippen LogP contribution in [0.5, 0.6) is 0 Å². The first-order chi connectivity index (χ1) is 9.86. The number of aromatic nitrogens is 1. The van der Waals surface area contributed by atoms with Crippen LogP contribution in [0.4, 0.5) is 13.2 Å². The van der Waals surface area contributed by atoms with Crippen LogP contribution in [0.25, 0.3) is 11.1 Å². The molecule has 0 saturated heterocycles. The first-order valence-electron chi connectivity index (χ1n) is 6.30. The summed E-state index contributed by atoms with van der Waals surface area (Å²) in [5.74, 6) is -0.766. The van der Waals surface area contributed by atoms with Crippen LogP contribution in [-0.2, 0) is 12.6 Å². The fourth-order valence-electron chi connectivity index (χ4n) is 2.25. The Balaban J connectivity index is 2.82. The zero-order chi connectivity index (χ0) is 15.6. The van der Waals surface area contributed by atoms with E-state index < -0.39 is 17.8 Å². The average molecular weight is 294 g/mol. The van der Waals surface area contributed by atoms with Crippen LogP contribution < -0.4 is 5.73 Å². The van der Waals surface area contributed by atoms with Gasteiger partial charge in [0.25, 0.3) is 0 Å². The lowest BCUT2D eigenvalue weighted by atomic mass is 9.91. The maximum absolute atomic E-state index is 13.1. The smallest absolute Gasteiger partial charge is 0.366 e. The second-order valence-corrected chi connectivity index (χ2v) is 4.45. The highest BCUT2D eigenvalue weighted by Crippen LogP contribution is 2.38. The molecule has 1 aromatic heterocycles. The van der Waals surface area contributed by atoms with Crippen molar-refractivity contribution in [1.82, 2.24) is 4.98 Å². The molecule has 21 heavy (non-hydrogen) atoms. The van der Waals surface area contributed by atoms with Crippen LogP contribution in [0, 0.1) is 0 Å². The molecule has 0 atom stereocenters. The van der Waals surface area contributed by atoms with E-state index in [1.807, 2.05) is 0 Å². The molecule has 0 aliphatic carbocycles. The van der Waals surface area contributed by atoms with Crippen LogP contribution in [0.3, 0.4) is 0 Å². The normalized spacial score (nSPS) is 11.4. The summed E-state index contributed by atoms with van der Waals surface area (Å²) in [6, 6.07) is 7.41. The predicted octanol–water partition coefficient (Wildman–Crippen LogP) is 3.43. The Morgan fingerprint density at radius 2 is 1.95 bits per heavy atom. The number of halogens is 3. The minimum absolute atomic E-state index is 0.0628. The summed E-state index contributed by atoms with van der Waals surface area (Å²) >= 11 is 0. The molecule has 0 radical (unpaired) electrons. The van der Waals surface area contributed by atoms with Gasteiger partial charge < -0.3 is 5.73 Å². The molecule has 3 nitrogen and oxygen atoms in total. The van der Waals surface area contributed by atoms with Gasteiger partial charge in [-0.2, -0.15) is 13.2 Å². The van der Waals surface area contributed by atoms with Crippen molar-refractivity contribution < 1.29 is 18.0 Å². The number of benzene rings is 1. The minimum atomic E-state index is -4.60. The number of aryl methyl sites for hydroxylation is 1. The number of nitrogens with two attached hydrogens (primary N) is 1. The van der Waals surface area contributed by atoms with Gasteiger partial charge in [0.1, 0.15) is 0 Å². The van der Waals surface area contributed by atoms with Gasteiger partial charge in [-0.15, -0.1) is 0 Å². The summed E-state index contributed by atoms with van der Waals surface area (Å²) in [6.45, 7) is 1.80. The van der Waals surface area contributed by atoms with E-state index in [4.69, 9.17) is 5.73 Å². The molecule has 0 aliphatic rings. The molecule has 110 valence electrons. The molecular weight excluding hydrogens is 281 g/mol. The highest BCUT2D eigenvalue weighted by atomic mass is 19.4. The summed E-state index contributed by atoms with van der Waals surface area (Å²) in [5.41, 5.74) is 5.03. The summed E-state index contributed by atoms with van der Waals surface area (Å²) < 4.78 is 39.4. The molecule has 2 aromatic rings. The van der Waals surface area contributed by atoms with Crippen molar-refractivity contribution >= 4 is 5.91 Å². The quantitative estimate of drug-likeness (QED) is 0.943. The van der Waals surface area contributed by atoms with E-state index in [0.29, 0.717) is 12.0 Å². The number of primary amides is 1. The van der Waals surface area contributed by atoms with Gasteiger partial charge in [-0.05, 0) is 29.7 Å². The number of carbonyl (C=O) groups is 1. The van der Waals surface area contributed by atoms with Gasteiger partial charge in [-0.25, -0.2) is 0 Å². The van der Waals surface area contributed by atoms with E-state index >= 15 is 0 Å². The van der Waals surface area contributed by atoms with Crippen molar-refractivity contribution in [1.29, 1.82) is 0 Å². The molecule has 0 aliphatic heterocycles. The molecule has 0 saturated carbocycles. The summed E-state index contributed by atoms with van der Waals surface area (Å²) in [6.07, 6.45) is -3.06. The van der Waals surface area contributed by atoms with E-state index in [-0.39, 0.29) is 16.7 Å². The molecule has 1 amide bonds. The lowest BCUT2D eigenvalue weighted by Gasteiger charge is -2.16. The Kier molecular flexibility index (Phi) is 3.97. The fraction of sp³-hybridized carbons (Fsp3) is 0.200. The highest BCUT2D eigenvalue weighted by Gasteiger charge is 2.36. The highest BCUT2D eigenvalue weighted by molar-refractivity contribution is 6.01. The summed E-state index contributed by atoms with van der Waals surface area (Å²) in [4.78, 5) is 15.0. The number of pyridine rings is 1. The second-order valence-electron chi connectivity index (χ2n) is 4.45.